The molecule has 7 nitrogen and oxygen atoms in total. The van der Waals surface area contributed by atoms with Gasteiger partial charge in [-0.1, -0.05) is 51.4 Å². The van der Waals surface area contributed by atoms with Crippen LogP contribution in [0.2, 0.25) is 25.7 Å². The van der Waals surface area contributed by atoms with Crippen molar-refractivity contribution in [1.29, 1.82) is 0 Å². The van der Waals surface area contributed by atoms with Crippen molar-refractivity contribution in [3.05, 3.63) is 31.0 Å². The van der Waals surface area contributed by atoms with Crippen LogP contribution in [-0.4, -0.2) is 49.6 Å². The molecule has 2 aliphatic rings. The van der Waals surface area contributed by atoms with Crippen molar-refractivity contribution in [2.24, 2.45) is 11.8 Å². The summed E-state index contributed by atoms with van der Waals surface area (Å²) < 4.78 is 36.3. The zero-order chi connectivity index (χ0) is 27.5. The van der Waals surface area contributed by atoms with Gasteiger partial charge in [0.2, 0.25) is 0 Å². The minimum absolute atomic E-state index is 0.562. The van der Waals surface area contributed by atoms with Gasteiger partial charge in [-0.15, -0.1) is 0 Å². The van der Waals surface area contributed by atoms with E-state index in [1.165, 1.54) is 57.4 Å². The number of carbonyl (C=O) groups is 1. The van der Waals surface area contributed by atoms with Crippen molar-refractivity contribution in [2.75, 3.05) is 0 Å². The van der Waals surface area contributed by atoms with E-state index >= 15 is 0 Å². The van der Waals surface area contributed by atoms with Crippen LogP contribution in [0.1, 0.15) is 57.4 Å². The minimum Gasteiger partial charge on any atom is -0.475 e. The van der Waals surface area contributed by atoms with E-state index in [1.807, 2.05) is 6.20 Å². The van der Waals surface area contributed by atoms with Crippen LogP contribution in [0.4, 0.5) is 13.2 Å². The molecule has 1 N–H and O–H groups in total. The van der Waals surface area contributed by atoms with Gasteiger partial charge < -0.3 is 9.67 Å². The third kappa shape index (κ3) is 7.45. The number of aryl methyl sites for hydroxylation is 1. The van der Waals surface area contributed by atoms with Gasteiger partial charge in [-0.25, -0.2) is 14.8 Å². The Morgan fingerprint density at radius 3 is 2.45 bits per heavy atom. The summed E-state index contributed by atoms with van der Waals surface area (Å²) in [5.41, 5.74) is 3.21. The van der Waals surface area contributed by atoms with Gasteiger partial charge in [0.15, 0.2) is 0 Å². The van der Waals surface area contributed by atoms with Crippen molar-refractivity contribution in [3.8, 4) is 11.3 Å². The van der Waals surface area contributed by atoms with E-state index in [2.05, 4.69) is 57.3 Å². The maximum absolute atomic E-state index is 10.6. The van der Waals surface area contributed by atoms with E-state index in [9.17, 15) is 13.2 Å². The van der Waals surface area contributed by atoms with Crippen molar-refractivity contribution in [2.45, 2.75) is 95.8 Å². The maximum atomic E-state index is 10.6. The number of aromatic nitrogens is 5. The summed E-state index contributed by atoms with van der Waals surface area (Å²) in [6.07, 6.45) is 14.0. The first-order valence-electron chi connectivity index (χ1n) is 13.6. The zero-order valence-electron chi connectivity index (χ0n) is 22.4. The van der Waals surface area contributed by atoms with E-state index in [0.29, 0.717) is 6.04 Å². The Hall–Kier alpha value is -2.69. The van der Waals surface area contributed by atoms with Crippen molar-refractivity contribution < 1.29 is 23.1 Å². The second-order valence-corrected chi connectivity index (χ2v) is 17.6. The second kappa shape index (κ2) is 11.6. The number of rotatable bonds is 9. The lowest BCUT2D eigenvalue weighted by molar-refractivity contribution is -0.192. The highest BCUT2D eigenvalue weighted by atomic mass is 28.3. The number of aliphatic carboxylic acids is 1. The summed E-state index contributed by atoms with van der Waals surface area (Å²) in [6.45, 7) is 8.37. The number of halogens is 3. The highest BCUT2D eigenvalue weighted by Crippen LogP contribution is 2.44. The molecule has 0 aliphatic heterocycles. The normalized spacial score (nSPS) is 17.4. The van der Waals surface area contributed by atoms with Gasteiger partial charge in [-0.05, 0) is 43.6 Å². The molecule has 2 saturated carbocycles. The molecule has 2 fully saturated rings. The highest BCUT2D eigenvalue weighted by molar-refractivity contribution is 6.76. The molecule has 0 bridgehead atoms. The van der Waals surface area contributed by atoms with Crippen LogP contribution < -0.4 is 0 Å². The third-order valence-corrected chi connectivity index (χ3v) is 9.41. The number of nitrogens with zero attached hydrogens (tertiary/aromatic N) is 5. The number of fused-ring (bicyclic) bond motifs is 1. The van der Waals surface area contributed by atoms with E-state index in [1.54, 1.807) is 6.33 Å². The number of carboxylic acid groups (broad SMARTS) is 1. The van der Waals surface area contributed by atoms with Crippen LogP contribution in [-0.2, 0) is 11.3 Å². The molecule has 0 aromatic carbocycles. The summed E-state index contributed by atoms with van der Waals surface area (Å²) >= 11 is 0. The van der Waals surface area contributed by atoms with Crippen LogP contribution >= 0.6 is 0 Å². The Balaban J connectivity index is 0.000000426. The van der Waals surface area contributed by atoms with E-state index < -0.39 is 20.2 Å². The number of carboxylic acids is 1. The third-order valence-electron chi connectivity index (χ3n) is 7.55. The molecule has 0 saturated heterocycles. The van der Waals surface area contributed by atoms with Crippen molar-refractivity contribution in [3.63, 3.8) is 0 Å². The fraction of sp³-hybridized carbons (Fsp3) is 0.630. The number of hydrogen-bond acceptors (Lipinski definition) is 4. The monoisotopic (exact) mass is 549 g/mol. The van der Waals surface area contributed by atoms with Crippen LogP contribution in [0, 0.1) is 11.8 Å². The van der Waals surface area contributed by atoms with Gasteiger partial charge in [-0.2, -0.15) is 18.3 Å². The topological polar surface area (TPSA) is 85.8 Å². The molecule has 1 unspecified atom stereocenters. The Bertz CT molecular complexity index is 1220. The van der Waals surface area contributed by atoms with Crippen LogP contribution in [0.25, 0.3) is 22.3 Å². The first-order chi connectivity index (χ1) is 17.9. The molecule has 3 aromatic rings. The molecule has 2 aliphatic carbocycles. The van der Waals surface area contributed by atoms with Gasteiger partial charge in [0.25, 0.3) is 0 Å². The molecule has 208 valence electrons. The summed E-state index contributed by atoms with van der Waals surface area (Å²) in [5.74, 6) is -1.03. The average Bonchev–Trinajstić information content (AvgIpc) is 3.23. The SMILES string of the molecule is C[Si](C)(C)CCCn1ccc2c(-c3cnn(C(CC4CC4)C4CCCC4)c3)ncnc21.O=C(O)C(F)(F)F. The number of alkyl halides is 3. The van der Waals surface area contributed by atoms with Crippen LogP contribution in [0.5, 0.6) is 0 Å². The average molecular weight is 550 g/mol. The van der Waals surface area contributed by atoms with E-state index in [-0.39, 0.29) is 0 Å². The lowest BCUT2D eigenvalue weighted by Crippen LogP contribution is -2.21. The molecule has 11 heteroatoms. The predicted molar refractivity (Wildman–Crippen MR) is 144 cm³/mol. The molecule has 38 heavy (non-hydrogen) atoms. The molecule has 0 radical (unpaired) electrons. The molecule has 0 spiro atoms. The fourth-order valence-electron chi connectivity index (χ4n) is 5.39. The van der Waals surface area contributed by atoms with Crippen molar-refractivity contribution in [1.82, 2.24) is 24.3 Å². The Morgan fingerprint density at radius 1 is 1.16 bits per heavy atom. The second-order valence-electron chi connectivity index (χ2n) is 11.9. The fourth-order valence-corrected chi connectivity index (χ4v) is 6.61. The zero-order valence-corrected chi connectivity index (χ0v) is 23.4. The molecular formula is C27H38F3N5O2Si. The Labute approximate surface area is 222 Å². The van der Waals surface area contributed by atoms with E-state index in [0.717, 1.165) is 40.7 Å². The number of hydrogen-bond donors (Lipinski definition) is 1. The lowest BCUT2D eigenvalue weighted by Gasteiger charge is -2.24. The van der Waals surface area contributed by atoms with Gasteiger partial charge in [-0.3, -0.25) is 4.68 Å². The van der Waals surface area contributed by atoms with Gasteiger partial charge in [0.05, 0.1) is 17.9 Å². The summed E-state index contributed by atoms with van der Waals surface area (Å²) in [7, 11) is -1.01. The summed E-state index contributed by atoms with van der Waals surface area (Å²) in [5, 5.41) is 13.1. The Morgan fingerprint density at radius 2 is 1.84 bits per heavy atom. The lowest BCUT2D eigenvalue weighted by atomic mass is 9.93. The van der Waals surface area contributed by atoms with E-state index in [4.69, 9.17) is 15.0 Å². The first kappa shape index (κ1) is 28.3. The van der Waals surface area contributed by atoms with Gasteiger partial charge >= 0.3 is 12.1 Å². The Kier molecular flexibility index (Phi) is 8.64. The minimum atomic E-state index is -5.08. The summed E-state index contributed by atoms with van der Waals surface area (Å²) in [6, 6.07) is 4.10. The maximum Gasteiger partial charge on any atom is 0.490 e. The van der Waals surface area contributed by atoms with Crippen molar-refractivity contribution >= 4 is 25.1 Å². The molecular weight excluding hydrogens is 511 g/mol. The predicted octanol–water partition coefficient (Wildman–Crippen LogP) is 7.19. The smallest absolute Gasteiger partial charge is 0.475 e. The van der Waals surface area contributed by atoms with Gasteiger partial charge in [0.1, 0.15) is 12.0 Å². The highest BCUT2D eigenvalue weighted by Gasteiger charge is 2.38. The molecule has 3 heterocycles. The standard InChI is InChI=1S/C25H37N5Si.C2HF3O2/c1-31(2,3)14-6-12-29-13-11-22-24(26-18-27-25(22)29)21-16-28-30(17-21)23(15-19-9-10-19)20-7-4-5-8-20;3-2(4,5)1(6)7/h11,13,16-20,23H,4-10,12,14-15H2,1-3H3;(H,6,7). The molecule has 0 amide bonds. The molecule has 1 atom stereocenters. The largest absolute Gasteiger partial charge is 0.490 e. The quantitative estimate of drug-likeness (QED) is 0.286. The molecule has 3 aromatic heterocycles. The first-order valence-corrected chi connectivity index (χ1v) is 17.3. The summed E-state index contributed by atoms with van der Waals surface area (Å²) in [4.78, 5) is 18.2. The molecule has 5 rings (SSSR count). The van der Waals surface area contributed by atoms with Gasteiger partial charge in [0, 0.05) is 38.0 Å². The van der Waals surface area contributed by atoms with Crippen LogP contribution in [0.15, 0.2) is 31.0 Å². The van der Waals surface area contributed by atoms with Crippen LogP contribution in [0.3, 0.4) is 0 Å².